The first-order valence-electron chi connectivity index (χ1n) is 8.76. The smallest absolute Gasteiger partial charge is 0.310 e. The van der Waals surface area contributed by atoms with Gasteiger partial charge in [-0.2, -0.15) is 0 Å². The second-order valence-electron chi connectivity index (χ2n) is 7.17. The Labute approximate surface area is 161 Å². The number of hydrogen-bond acceptors (Lipinski definition) is 4. The van der Waals surface area contributed by atoms with Crippen LogP contribution in [0.25, 0.3) is 0 Å². The van der Waals surface area contributed by atoms with E-state index in [2.05, 4.69) is 5.32 Å². The van der Waals surface area contributed by atoms with Crippen molar-refractivity contribution in [1.29, 1.82) is 0 Å². The fourth-order valence-corrected chi connectivity index (χ4v) is 3.67. The molecule has 2 amide bonds. The lowest BCUT2D eigenvalue weighted by Crippen LogP contribution is -2.41. The van der Waals surface area contributed by atoms with Crippen LogP contribution in [0, 0.1) is 5.41 Å². The van der Waals surface area contributed by atoms with Crippen molar-refractivity contribution < 1.29 is 24.3 Å². The minimum Gasteiger partial charge on any atom is -0.481 e. The first-order chi connectivity index (χ1) is 13.2. The molecule has 0 fully saturated rings. The maximum Gasteiger partial charge on any atom is 0.310 e. The lowest BCUT2D eigenvalue weighted by Gasteiger charge is -2.32. The SMILES string of the molecule is CC(CC(N)=O)(C(=O)O)C(C(=O)c1ccccc1)c1ccc2c(c1)CC(=O)N2. The number of Topliss-reactive ketones (excluding diaryl/α,β-unsaturated/α-hetero) is 1. The molecule has 4 N–H and O–H groups in total. The number of amides is 2. The number of carboxylic acids is 1. The number of anilines is 1. The Morgan fingerprint density at radius 2 is 1.86 bits per heavy atom. The lowest BCUT2D eigenvalue weighted by molar-refractivity contribution is -0.151. The van der Waals surface area contributed by atoms with Gasteiger partial charge in [0.15, 0.2) is 5.78 Å². The van der Waals surface area contributed by atoms with Gasteiger partial charge in [0, 0.05) is 17.7 Å². The van der Waals surface area contributed by atoms with Gasteiger partial charge in [-0.1, -0.05) is 42.5 Å². The number of benzene rings is 2. The number of ketones is 1. The summed E-state index contributed by atoms with van der Waals surface area (Å²) < 4.78 is 0. The zero-order chi connectivity index (χ0) is 20.5. The molecule has 2 aromatic rings. The third-order valence-electron chi connectivity index (χ3n) is 5.08. The maximum atomic E-state index is 13.3. The summed E-state index contributed by atoms with van der Waals surface area (Å²) in [6.45, 7) is 1.35. The topological polar surface area (TPSA) is 127 Å². The molecule has 1 heterocycles. The van der Waals surface area contributed by atoms with E-state index in [1.807, 2.05) is 0 Å². The number of hydrogen-bond donors (Lipinski definition) is 3. The number of fused-ring (bicyclic) bond motifs is 1. The Morgan fingerprint density at radius 3 is 2.46 bits per heavy atom. The van der Waals surface area contributed by atoms with Crippen molar-refractivity contribution in [3.8, 4) is 0 Å². The Balaban J connectivity index is 2.16. The Bertz CT molecular complexity index is 970. The van der Waals surface area contributed by atoms with Gasteiger partial charge >= 0.3 is 5.97 Å². The molecule has 0 saturated carbocycles. The molecule has 0 spiro atoms. The number of primary amides is 1. The van der Waals surface area contributed by atoms with Gasteiger partial charge in [0.1, 0.15) is 0 Å². The van der Waals surface area contributed by atoms with E-state index in [0.29, 0.717) is 22.4 Å². The van der Waals surface area contributed by atoms with Gasteiger partial charge in [0.25, 0.3) is 0 Å². The highest BCUT2D eigenvalue weighted by Crippen LogP contribution is 2.43. The van der Waals surface area contributed by atoms with Gasteiger partial charge in [-0.15, -0.1) is 0 Å². The molecule has 1 aliphatic heterocycles. The number of aliphatic carboxylic acids is 1. The number of rotatable bonds is 7. The van der Waals surface area contributed by atoms with E-state index in [0.717, 1.165) is 0 Å². The van der Waals surface area contributed by atoms with E-state index < -0.39 is 35.4 Å². The van der Waals surface area contributed by atoms with Crippen LogP contribution >= 0.6 is 0 Å². The number of carbonyl (C=O) groups is 4. The molecule has 7 heteroatoms. The van der Waals surface area contributed by atoms with Crippen molar-refractivity contribution in [1.82, 2.24) is 0 Å². The van der Waals surface area contributed by atoms with Gasteiger partial charge in [0.05, 0.1) is 17.8 Å². The van der Waals surface area contributed by atoms with Crippen LogP contribution < -0.4 is 11.1 Å². The minimum absolute atomic E-state index is 0.148. The molecular weight excluding hydrogens is 360 g/mol. The fraction of sp³-hybridized carbons (Fsp3) is 0.238. The molecule has 3 rings (SSSR count). The monoisotopic (exact) mass is 380 g/mol. The normalized spacial score (nSPS) is 15.8. The highest BCUT2D eigenvalue weighted by molar-refractivity contribution is 6.05. The van der Waals surface area contributed by atoms with Crippen molar-refractivity contribution in [3.05, 3.63) is 65.2 Å². The van der Waals surface area contributed by atoms with Gasteiger partial charge in [0.2, 0.25) is 11.8 Å². The average Bonchev–Trinajstić information content (AvgIpc) is 3.01. The average molecular weight is 380 g/mol. The highest BCUT2D eigenvalue weighted by atomic mass is 16.4. The number of carbonyl (C=O) groups excluding carboxylic acids is 3. The molecule has 2 aromatic carbocycles. The van der Waals surface area contributed by atoms with E-state index in [-0.39, 0.29) is 12.3 Å². The molecule has 0 bridgehead atoms. The zero-order valence-corrected chi connectivity index (χ0v) is 15.3. The van der Waals surface area contributed by atoms with E-state index in [4.69, 9.17) is 5.73 Å². The summed E-state index contributed by atoms with van der Waals surface area (Å²) in [5.41, 5.74) is 5.63. The van der Waals surface area contributed by atoms with Gasteiger partial charge < -0.3 is 16.2 Å². The van der Waals surface area contributed by atoms with E-state index in [1.54, 1.807) is 48.5 Å². The summed E-state index contributed by atoms with van der Waals surface area (Å²) in [5.74, 6) is -3.86. The van der Waals surface area contributed by atoms with Crippen LogP contribution in [0.15, 0.2) is 48.5 Å². The first-order valence-corrected chi connectivity index (χ1v) is 8.76. The molecule has 7 nitrogen and oxygen atoms in total. The van der Waals surface area contributed by atoms with Crippen LogP contribution in [0.4, 0.5) is 5.69 Å². The molecule has 0 aliphatic carbocycles. The molecule has 28 heavy (non-hydrogen) atoms. The predicted octanol–water partition coefficient (Wildman–Crippen LogP) is 2.11. The van der Waals surface area contributed by atoms with Gasteiger partial charge in [-0.25, -0.2) is 0 Å². The van der Waals surface area contributed by atoms with Gasteiger partial charge in [-0.3, -0.25) is 19.2 Å². The Kier molecular flexibility index (Phi) is 5.00. The second kappa shape index (κ2) is 7.26. The lowest BCUT2D eigenvalue weighted by atomic mass is 9.67. The van der Waals surface area contributed by atoms with Crippen LogP contribution in [0.2, 0.25) is 0 Å². The van der Waals surface area contributed by atoms with Crippen molar-refractivity contribution in [2.45, 2.75) is 25.7 Å². The molecule has 0 aromatic heterocycles. The Hall–Kier alpha value is -3.48. The highest BCUT2D eigenvalue weighted by Gasteiger charge is 2.47. The number of carboxylic acid groups (broad SMARTS) is 1. The van der Waals surface area contributed by atoms with Crippen molar-refractivity contribution in [3.63, 3.8) is 0 Å². The molecule has 2 unspecified atom stereocenters. The summed E-state index contributed by atoms with van der Waals surface area (Å²) in [6.07, 6.45) is -0.352. The summed E-state index contributed by atoms with van der Waals surface area (Å²) in [5, 5.41) is 12.6. The number of nitrogens with one attached hydrogen (secondary N) is 1. The van der Waals surface area contributed by atoms with Crippen LogP contribution in [-0.2, 0) is 20.8 Å². The number of nitrogens with two attached hydrogens (primary N) is 1. The maximum absolute atomic E-state index is 13.3. The molecular formula is C21H20N2O5. The molecule has 2 atom stereocenters. The standard InChI is InChI=1S/C21H20N2O5/c1-21(20(27)28,11-16(22)24)18(19(26)12-5-3-2-4-6-12)13-7-8-15-14(9-13)10-17(25)23-15/h2-9,18H,10-11H2,1H3,(H2,22,24)(H,23,25)(H,27,28). The Morgan fingerprint density at radius 1 is 1.18 bits per heavy atom. The van der Waals surface area contributed by atoms with Gasteiger partial charge in [-0.05, 0) is 24.1 Å². The van der Waals surface area contributed by atoms with Crippen LogP contribution in [0.1, 0.15) is 40.7 Å². The van der Waals surface area contributed by atoms with Crippen molar-refractivity contribution in [2.75, 3.05) is 5.32 Å². The largest absolute Gasteiger partial charge is 0.481 e. The predicted molar refractivity (Wildman–Crippen MR) is 102 cm³/mol. The third kappa shape index (κ3) is 3.51. The summed E-state index contributed by atoms with van der Waals surface area (Å²) in [4.78, 5) is 48.8. The molecule has 0 radical (unpaired) electrons. The van der Waals surface area contributed by atoms with Crippen LogP contribution in [0.5, 0.6) is 0 Å². The fourth-order valence-electron chi connectivity index (χ4n) is 3.67. The van der Waals surface area contributed by atoms with E-state index in [1.165, 1.54) is 6.92 Å². The molecule has 144 valence electrons. The van der Waals surface area contributed by atoms with Crippen molar-refractivity contribution in [2.24, 2.45) is 11.1 Å². The zero-order valence-electron chi connectivity index (χ0n) is 15.3. The van der Waals surface area contributed by atoms with Crippen LogP contribution in [0.3, 0.4) is 0 Å². The second-order valence-corrected chi connectivity index (χ2v) is 7.17. The van der Waals surface area contributed by atoms with Crippen LogP contribution in [-0.4, -0.2) is 28.7 Å². The third-order valence-corrected chi connectivity index (χ3v) is 5.08. The first kappa shape index (κ1) is 19.3. The van der Waals surface area contributed by atoms with Crippen molar-refractivity contribution >= 4 is 29.3 Å². The summed E-state index contributed by atoms with van der Waals surface area (Å²) in [6, 6.07) is 13.2. The summed E-state index contributed by atoms with van der Waals surface area (Å²) in [7, 11) is 0. The van der Waals surface area contributed by atoms with E-state index in [9.17, 15) is 24.3 Å². The quantitative estimate of drug-likeness (QED) is 0.634. The molecule has 1 aliphatic rings. The minimum atomic E-state index is -1.75. The van der Waals surface area contributed by atoms with E-state index >= 15 is 0 Å². The molecule has 0 saturated heterocycles. The summed E-state index contributed by atoms with van der Waals surface area (Å²) >= 11 is 0.